The molecule has 4 N–H and O–H groups in total. The van der Waals surface area contributed by atoms with Crippen molar-refractivity contribution in [3.63, 3.8) is 0 Å². The third-order valence-corrected chi connectivity index (χ3v) is 5.86. The van der Waals surface area contributed by atoms with Gasteiger partial charge in [0, 0.05) is 23.5 Å². The van der Waals surface area contributed by atoms with Gasteiger partial charge in [0.2, 0.25) is 5.91 Å². The lowest BCUT2D eigenvalue weighted by atomic mass is 10.0. The molecule has 0 radical (unpaired) electrons. The lowest BCUT2D eigenvalue weighted by Crippen LogP contribution is -2.49. The zero-order chi connectivity index (χ0) is 24.4. The molecule has 0 saturated heterocycles. The summed E-state index contributed by atoms with van der Waals surface area (Å²) in [6, 6.07) is 11.6. The highest BCUT2D eigenvalue weighted by Gasteiger charge is 2.30. The van der Waals surface area contributed by atoms with E-state index in [1.165, 1.54) is 0 Å². The molecular formula is C25H26N4O5. The van der Waals surface area contributed by atoms with Crippen LogP contribution in [0.15, 0.2) is 64.3 Å². The van der Waals surface area contributed by atoms with E-state index in [0.29, 0.717) is 5.52 Å². The predicted molar refractivity (Wildman–Crippen MR) is 129 cm³/mol. The van der Waals surface area contributed by atoms with Crippen LogP contribution < -0.4 is 16.6 Å². The Morgan fingerprint density at radius 2 is 1.65 bits per heavy atom. The lowest BCUT2D eigenvalue weighted by molar-refractivity contribution is -0.142. The molecule has 0 aliphatic heterocycles. The van der Waals surface area contributed by atoms with Crippen LogP contribution in [0.1, 0.15) is 31.9 Å². The Bertz CT molecular complexity index is 1480. The molecule has 0 fully saturated rings. The van der Waals surface area contributed by atoms with Crippen LogP contribution in [0.3, 0.4) is 0 Å². The number of carboxylic acids is 1. The minimum Gasteiger partial charge on any atom is -0.480 e. The summed E-state index contributed by atoms with van der Waals surface area (Å²) in [5.41, 5.74) is 0.668. The van der Waals surface area contributed by atoms with Crippen molar-refractivity contribution in [1.82, 2.24) is 19.9 Å². The fraction of sp³-hybridized carbons (Fsp3) is 0.280. The number of para-hydroxylation sites is 2. The molecule has 2 aromatic carbocycles. The summed E-state index contributed by atoms with van der Waals surface area (Å²) in [4.78, 5) is 57.1. The Kier molecular flexibility index (Phi) is 6.36. The van der Waals surface area contributed by atoms with Gasteiger partial charge in [-0.1, -0.05) is 44.2 Å². The molecule has 0 aliphatic rings. The van der Waals surface area contributed by atoms with E-state index in [1.807, 2.05) is 38.1 Å². The SMILES string of the molecule is CC(C)C[C@@H](C(=O)N[C@H](Cc1c[nH]c2ccccc12)C(=O)O)n1c(=O)[nH]c2ccccc2c1=O. The molecule has 2 heterocycles. The van der Waals surface area contributed by atoms with E-state index < -0.39 is 35.2 Å². The van der Waals surface area contributed by atoms with Crippen molar-refractivity contribution in [3.8, 4) is 0 Å². The number of nitrogens with zero attached hydrogens (tertiary/aromatic N) is 1. The van der Waals surface area contributed by atoms with Crippen LogP contribution in [0.2, 0.25) is 0 Å². The molecule has 0 aliphatic carbocycles. The van der Waals surface area contributed by atoms with Crippen molar-refractivity contribution >= 4 is 33.7 Å². The number of carbonyl (C=O) groups excluding carboxylic acids is 1. The number of hydrogen-bond donors (Lipinski definition) is 4. The predicted octanol–water partition coefficient (Wildman–Crippen LogP) is 2.57. The van der Waals surface area contributed by atoms with Crippen LogP contribution in [0.4, 0.5) is 0 Å². The lowest BCUT2D eigenvalue weighted by Gasteiger charge is -2.23. The molecule has 0 saturated carbocycles. The summed E-state index contributed by atoms with van der Waals surface area (Å²) in [6.07, 6.45) is 1.95. The van der Waals surface area contributed by atoms with E-state index in [0.717, 1.165) is 21.0 Å². The smallest absolute Gasteiger partial charge is 0.329 e. The summed E-state index contributed by atoms with van der Waals surface area (Å²) >= 11 is 0. The molecule has 1 amide bonds. The van der Waals surface area contributed by atoms with Gasteiger partial charge in [-0.25, -0.2) is 14.2 Å². The van der Waals surface area contributed by atoms with Gasteiger partial charge in [-0.15, -0.1) is 0 Å². The Morgan fingerprint density at radius 1 is 1.00 bits per heavy atom. The monoisotopic (exact) mass is 462 g/mol. The number of hydrogen-bond acceptors (Lipinski definition) is 4. The number of aromatic nitrogens is 3. The van der Waals surface area contributed by atoms with E-state index in [9.17, 15) is 24.3 Å². The average Bonchev–Trinajstić information content (AvgIpc) is 3.20. The maximum absolute atomic E-state index is 13.3. The molecule has 4 aromatic rings. The van der Waals surface area contributed by atoms with Gasteiger partial charge in [0.05, 0.1) is 10.9 Å². The van der Waals surface area contributed by atoms with Crippen LogP contribution in [0.5, 0.6) is 0 Å². The van der Waals surface area contributed by atoms with Crippen LogP contribution in [-0.4, -0.2) is 37.6 Å². The summed E-state index contributed by atoms with van der Waals surface area (Å²) in [6.45, 7) is 3.72. The molecule has 176 valence electrons. The second-order valence-corrected chi connectivity index (χ2v) is 8.76. The summed E-state index contributed by atoms with van der Waals surface area (Å²) < 4.78 is 0.891. The Morgan fingerprint density at radius 3 is 2.32 bits per heavy atom. The topological polar surface area (TPSA) is 137 Å². The van der Waals surface area contributed by atoms with Gasteiger partial charge < -0.3 is 20.4 Å². The summed E-state index contributed by atoms with van der Waals surface area (Å²) in [7, 11) is 0. The van der Waals surface area contributed by atoms with Crippen molar-refractivity contribution < 1.29 is 14.7 Å². The van der Waals surface area contributed by atoms with E-state index >= 15 is 0 Å². The van der Waals surface area contributed by atoms with E-state index in [1.54, 1.807) is 30.5 Å². The summed E-state index contributed by atoms with van der Waals surface area (Å²) in [5, 5.41) is 13.5. The fourth-order valence-electron chi connectivity index (χ4n) is 4.22. The number of H-pyrrole nitrogens is 2. The number of amides is 1. The zero-order valence-corrected chi connectivity index (χ0v) is 18.9. The first-order chi connectivity index (χ1) is 16.3. The third kappa shape index (κ3) is 4.50. The van der Waals surface area contributed by atoms with Crippen molar-refractivity contribution in [2.45, 2.75) is 38.8 Å². The van der Waals surface area contributed by atoms with Crippen LogP contribution in [-0.2, 0) is 16.0 Å². The Labute approximate surface area is 194 Å². The van der Waals surface area contributed by atoms with Crippen molar-refractivity contribution in [3.05, 3.63) is 81.1 Å². The van der Waals surface area contributed by atoms with Crippen LogP contribution >= 0.6 is 0 Å². The van der Waals surface area contributed by atoms with Gasteiger partial charge in [0.1, 0.15) is 12.1 Å². The number of fused-ring (bicyclic) bond motifs is 2. The molecule has 2 aromatic heterocycles. The molecule has 0 unspecified atom stereocenters. The number of carbonyl (C=O) groups is 2. The van der Waals surface area contributed by atoms with Gasteiger partial charge in [-0.2, -0.15) is 0 Å². The fourth-order valence-corrected chi connectivity index (χ4v) is 4.22. The van der Waals surface area contributed by atoms with Gasteiger partial charge >= 0.3 is 11.7 Å². The van der Waals surface area contributed by atoms with Gasteiger partial charge in [0.25, 0.3) is 5.56 Å². The average molecular weight is 463 g/mol. The number of aromatic amines is 2. The third-order valence-electron chi connectivity index (χ3n) is 5.86. The van der Waals surface area contributed by atoms with Crippen molar-refractivity contribution in [2.24, 2.45) is 5.92 Å². The summed E-state index contributed by atoms with van der Waals surface area (Å²) in [5.74, 6) is -1.93. The largest absolute Gasteiger partial charge is 0.480 e. The van der Waals surface area contributed by atoms with Gasteiger partial charge in [-0.05, 0) is 36.1 Å². The van der Waals surface area contributed by atoms with Crippen LogP contribution in [0, 0.1) is 5.92 Å². The van der Waals surface area contributed by atoms with E-state index in [4.69, 9.17) is 0 Å². The quantitative estimate of drug-likeness (QED) is 0.319. The van der Waals surface area contributed by atoms with E-state index in [2.05, 4.69) is 15.3 Å². The minimum atomic E-state index is -1.24. The number of carboxylic acid groups (broad SMARTS) is 1. The molecule has 2 atom stereocenters. The Balaban J connectivity index is 1.68. The highest BCUT2D eigenvalue weighted by Crippen LogP contribution is 2.20. The Hall–Kier alpha value is -4.14. The first-order valence-electron chi connectivity index (χ1n) is 11.1. The number of benzene rings is 2. The molecule has 4 rings (SSSR count). The number of aliphatic carboxylic acids is 1. The van der Waals surface area contributed by atoms with Crippen LogP contribution in [0.25, 0.3) is 21.8 Å². The van der Waals surface area contributed by atoms with Gasteiger partial charge in [-0.3, -0.25) is 9.59 Å². The molecule has 0 spiro atoms. The van der Waals surface area contributed by atoms with Crippen molar-refractivity contribution in [2.75, 3.05) is 0 Å². The first-order valence-corrected chi connectivity index (χ1v) is 11.1. The molecule has 34 heavy (non-hydrogen) atoms. The zero-order valence-electron chi connectivity index (χ0n) is 18.9. The number of rotatable bonds is 8. The molecule has 9 heteroatoms. The van der Waals surface area contributed by atoms with Crippen molar-refractivity contribution in [1.29, 1.82) is 0 Å². The molecular weight excluding hydrogens is 436 g/mol. The maximum Gasteiger partial charge on any atom is 0.329 e. The standard InChI is InChI=1S/C25H26N4O5/c1-14(2)11-21(29-23(31)17-8-4-6-10-19(17)28-25(29)34)22(30)27-20(24(32)33)12-15-13-26-18-9-5-3-7-16(15)18/h3-10,13-14,20-21,26H,11-12H2,1-2H3,(H,27,30)(H,28,34)(H,32,33)/t20-,21+/m1/s1. The molecule has 0 bridgehead atoms. The normalized spacial score (nSPS) is 13.3. The second kappa shape index (κ2) is 9.38. The highest BCUT2D eigenvalue weighted by atomic mass is 16.4. The molecule has 9 nitrogen and oxygen atoms in total. The highest BCUT2D eigenvalue weighted by molar-refractivity contribution is 5.88. The van der Waals surface area contributed by atoms with E-state index in [-0.39, 0.29) is 24.1 Å². The maximum atomic E-state index is 13.3. The number of nitrogens with one attached hydrogen (secondary N) is 3. The van der Waals surface area contributed by atoms with Gasteiger partial charge in [0.15, 0.2) is 0 Å². The minimum absolute atomic E-state index is 0.0367. The second-order valence-electron chi connectivity index (χ2n) is 8.76. The first kappa shape index (κ1) is 23.0.